The van der Waals surface area contributed by atoms with Gasteiger partial charge in [0.15, 0.2) is 0 Å². The van der Waals surface area contributed by atoms with Gasteiger partial charge in [-0.05, 0) is 74.5 Å². The van der Waals surface area contributed by atoms with Crippen molar-refractivity contribution >= 4 is 33.0 Å². The Hall–Kier alpha value is -1.90. The molecule has 2 N–H and O–H groups in total. The van der Waals surface area contributed by atoms with Crippen LogP contribution in [0.5, 0.6) is 0 Å². The molecule has 168 valence electrons. The van der Waals surface area contributed by atoms with Crippen molar-refractivity contribution in [2.75, 3.05) is 24.4 Å². The highest BCUT2D eigenvalue weighted by Crippen LogP contribution is 2.35. The minimum Gasteiger partial charge on any atom is -0.350 e. The van der Waals surface area contributed by atoms with Crippen LogP contribution in [-0.4, -0.2) is 44.4 Å². The van der Waals surface area contributed by atoms with Gasteiger partial charge in [0.05, 0.1) is 0 Å². The Balaban J connectivity index is 1.39. The number of carbonyl (C=O) groups excluding carboxylic acids is 1. The number of likely N-dealkylation sites (tertiary alicyclic amines) is 1. The lowest BCUT2D eigenvalue weighted by Gasteiger charge is -2.48. The molecule has 4 rings (SSSR count). The van der Waals surface area contributed by atoms with Gasteiger partial charge in [-0.2, -0.15) is 0 Å². The van der Waals surface area contributed by atoms with E-state index in [-0.39, 0.29) is 15.7 Å². The first-order valence-electron chi connectivity index (χ1n) is 11.2. The zero-order chi connectivity index (χ0) is 21.7. The number of rotatable bonds is 7. The molecule has 1 aromatic heterocycles. The third-order valence-corrected chi connectivity index (χ3v) is 9.33. The van der Waals surface area contributed by atoms with Crippen LogP contribution in [0, 0.1) is 0 Å². The van der Waals surface area contributed by atoms with Crippen LogP contribution in [0.4, 0.5) is 5.69 Å². The Labute approximate surface area is 189 Å². The molecule has 0 spiro atoms. The van der Waals surface area contributed by atoms with Gasteiger partial charge >= 0.3 is 0 Å². The predicted octanol–water partition coefficient (Wildman–Crippen LogP) is 4.47. The first-order chi connectivity index (χ1) is 15.0. The van der Waals surface area contributed by atoms with Gasteiger partial charge in [0.25, 0.3) is 15.9 Å². The average Bonchev–Trinajstić information content (AvgIpc) is 3.35. The maximum atomic E-state index is 12.8. The summed E-state index contributed by atoms with van der Waals surface area (Å²) in [5, 5.41) is 4.91. The summed E-state index contributed by atoms with van der Waals surface area (Å²) >= 11 is 1.17. The van der Waals surface area contributed by atoms with Crippen LogP contribution in [0.1, 0.15) is 61.7 Å². The number of anilines is 1. The second-order valence-electron chi connectivity index (χ2n) is 8.63. The summed E-state index contributed by atoms with van der Waals surface area (Å²) in [6.45, 7) is 2.95. The number of nitrogens with zero attached hydrogens (tertiary/aromatic N) is 1. The minimum absolute atomic E-state index is 0.0879. The van der Waals surface area contributed by atoms with Crippen molar-refractivity contribution in [3.63, 3.8) is 0 Å². The molecular formula is C23H31N3O3S2. The van der Waals surface area contributed by atoms with E-state index in [2.05, 4.69) is 14.9 Å². The lowest BCUT2D eigenvalue weighted by Crippen LogP contribution is -2.58. The fourth-order valence-electron chi connectivity index (χ4n) is 4.84. The van der Waals surface area contributed by atoms with E-state index in [9.17, 15) is 13.2 Å². The summed E-state index contributed by atoms with van der Waals surface area (Å²) in [6, 6.07) is 9.90. The van der Waals surface area contributed by atoms with E-state index in [1.165, 1.54) is 49.9 Å². The number of thiophene rings is 1. The van der Waals surface area contributed by atoms with Crippen molar-refractivity contribution < 1.29 is 13.2 Å². The van der Waals surface area contributed by atoms with Gasteiger partial charge in [-0.15, -0.1) is 11.3 Å². The van der Waals surface area contributed by atoms with Crippen molar-refractivity contribution in [3.05, 3.63) is 47.3 Å². The lowest BCUT2D eigenvalue weighted by molar-refractivity contribution is 0.0326. The van der Waals surface area contributed by atoms with E-state index in [4.69, 9.17) is 0 Å². The average molecular weight is 462 g/mol. The Morgan fingerprint density at radius 1 is 0.968 bits per heavy atom. The molecule has 1 aromatic carbocycles. The molecule has 8 heteroatoms. The molecule has 31 heavy (non-hydrogen) atoms. The van der Waals surface area contributed by atoms with Crippen LogP contribution in [0.25, 0.3) is 0 Å². The molecule has 2 aromatic rings. The summed E-state index contributed by atoms with van der Waals surface area (Å²) in [6.07, 6.45) is 9.84. The molecule has 1 aliphatic heterocycles. The highest BCUT2D eigenvalue weighted by molar-refractivity contribution is 7.94. The monoisotopic (exact) mass is 461 g/mol. The summed E-state index contributed by atoms with van der Waals surface area (Å²) in [5.41, 5.74) is 1.08. The van der Waals surface area contributed by atoms with Gasteiger partial charge in [0.2, 0.25) is 0 Å². The molecule has 0 bridgehead atoms. The molecule has 0 unspecified atom stereocenters. The molecule has 1 aliphatic carbocycles. The number of piperidine rings is 1. The lowest BCUT2D eigenvalue weighted by atomic mass is 9.79. The highest BCUT2D eigenvalue weighted by Gasteiger charge is 2.38. The van der Waals surface area contributed by atoms with Gasteiger partial charge in [-0.1, -0.05) is 31.7 Å². The van der Waals surface area contributed by atoms with Crippen molar-refractivity contribution in [3.8, 4) is 0 Å². The molecule has 1 saturated carbocycles. The molecular weight excluding hydrogens is 430 g/mol. The minimum atomic E-state index is -3.59. The van der Waals surface area contributed by atoms with Crippen LogP contribution in [0.2, 0.25) is 0 Å². The van der Waals surface area contributed by atoms with E-state index in [1.807, 2.05) is 0 Å². The topological polar surface area (TPSA) is 78.5 Å². The third-order valence-electron chi connectivity index (χ3n) is 6.55. The first-order valence-corrected chi connectivity index (χ1v) is 13.5. The maximum absolute atomic E-state index is 12.8. The largest absolute Gasteiger partial charge is 0.350 e. The summed E-state index contributed by atoms with van der Waals surface area (Å²) in [4.78, 5) is 15.5. The number of hydrogen-bond donors (Lipinski definition) is 2. The van der Waals surface area contributed by atoms with E-state index >= 15 is 0 Å². The van der Waals surface area contributed by atoms with Gasteiger partial charge in [0.1, 0.15) is 4.21 Å². The number of hydrogen-bond acceptors (Lipinski definition) is 5. The van der Waals surface area contributed by atoms with Crippen molar-refractivity contribution in [1.82, 2.24) is 10.2 Å². The molecule has 1 saturated heterocycles. The molecule has 0 radical (unpaired) electrons. The van der Waals surface area contributed by atoms with Crippen LogP contribution in [-0.2, 0) is 10.0 Å². The van der Waals surface area contributed by atoms with Crippen LogP contribution < -0.4 is 10.0 Å². The summed E-state index contributed by atoms with van der Waals surface area (Å²) in [7, 11) is -3.59. The number of sulfonamides is 1. The summed E-state index contributed by atoms with van der Waals surface area (Å²) < 4.78 is 27.6. The van der Waals surface area contributed by atoms with Gasteiger partial charge in [-0.25, -0.2) is 8.42 Å². The van der Waals surface area contributed by atoms with E-state index in [0.29, 0.717) is 17.8 Å². The molecule has 1 amide bonds. The van der Waals surface area contributed by atoms with Crippen molar-refractivity contribution in [2.24, 2.45) is 0 Å². The fourth-order valence-corrected chi connectivity index (χ4v) is 6.89. The van der Waals surface area contributed by atoms with Gasteiger partial charge < -0.3 is 5.32 Å². The first kappa shape index (κ1) is 22.3. The summed E-state index contributed by atoms with van der Waals surface area (Å²) in [5.74, 6) is -0.102. The van der Waals surface area contributed by atoms with E-state index < -0.39 is 10.0 Å². The zero-order valence-electron chi connectivity index (χ0n) is 17.8. The Morgan fingerprint density at radius 2 is 1.65 bits per heavy atom. The normalized spacial score (nSPS) is 19.6. The molecule has 2 aliphatic rings. The van der Waals surface area contributed by atoms with Crippen molar-refractivity contribution in [2.45, 2.75) is 61.1 Å². The van der Waals surface area contributed by atoms with Crippen LogP contribution in [0.15, 0.2) is 46.0 Å². The molecule has 2 fully saturated rings. The standard InChI is InChI=1S/C23H31N3O3S2/c27-22(24-18-23(13-3-1-4-14-23)26-15-5-2-6-16-26)19-9-11-20(12-10-19)25-31(28,29)21-8-7-17-30-21/h7-12,17,25H,1-6,13-16,18H2,(H,24,27). The quantitative estimate of drug-likeness (QED) is 0.638. The molecule has 0 atom stereocenters. The number of amides is 1. The molecule has 6 nitrogen and oxygen atoms in total. The highest BCUT2D eigenvalue weighted by atomic mass is 32.2. The maximum Gasteiger partial charge on any atom is 0.271 e. The van der Waals surface area contributed by atoms with E-state index in [1.54, 1.807) is 41.8 Å². The van der Waals surface area contributed by atoms with Crippen LogP contribution >= 0.6 is 11.3 Å². The Morgan fingerprint density at radius 3 is 2.29 bits per heavy atom. The second kappa shape index (κ2) is 9.71. The SMILES string of the molecule is O=C(NCC1(N2CCCCC2)CCCCC1)c1ccc(NS(=O)(=O)c2cccs2)cc1. The van der Waals surface area contributed by atoms with E-state index in [0.717, 1.165) is 25.9 Å². The Kier molecular flexibility index (Phi) is 6.99. The van der Waals surface area contributed by atoms with Gasteiger partial charge in [-0.3, -0.25) is 14.4 Å². The number of nitrogens with one attached hydrogen (secondary N) is 2. The van der Waals surface area contributed by atoms with Gasteiger partial charge in [0, 0.05) is 23.3 Å². The zero-order valence-corrected chi connectivity index (χ0v) is 19.4. The predicted molar refractivity (Wildman–Crippen MR) is 125 cm³/mol. The van der Waals surface area contributed by atoms with Crippen LogP contribution in [0.3, 0.4) is 0 Å². The Bertz CT molecular complexity index is 960. The molecule has 2 heterocycles. The second-order valence-corrected chi connectivity index (χ2v) is 11.5. The number of carbonyl (C=O) groups is 1. The third kappa shape index (κ3) is 5.30. The smallest absolute Gasteiger partial charge is 0.271 e. The van der Waals surface area contributed by atoms with Crippen molar-refractivity contribution in [1.29, 1.82) is 0 Å². The fraction of sp³-hybridized carbons (Fsp3) is 0.522. The number of benzene rings is 1.